The molecule has 0 spiro atoms. The van der Waals surface area contributed by atoms with E-state index in [-0.39, 0.29) is 24.1 Å². The highest BCUT2D eigenvalue weighted by Crippen LogP contribution is 2.32. The highest BCUT2D eigenvalue weighted by atomic mass is 16.7. The van der Waals surface area contributed by atoms with E-state index in [0.717, 1.165) is 10.2 Å². The van der Waals surface area contributed by atoms with Crippen molar-refractivity contribution in [1.29, 1.82) is 0 Å². The number of rotatable bonds is 6. The first-order valence-corrected chi connectivity index (χ1v) is 9.04. The molecule has 0 unspecified atom stereocenters. The molecule has 1 aromatic heterocycles. The van der Waals surface area contributed by atoms with Gasteiger partial charge in [0.25, 0.3) is 17.0 Å². The van der Waals surface area contributed by atoms with Crippen molar-refractivity contribution in [2.45, 2.75) is 13.1 Å². The quantitative estimate of drug-likeness (QED) is 0.558. The van der Waals surface area contributed by atoms with Crippen molar-refractivity contribution in [3.63, 3.8) is 0 Å². The van der Waals surface area contributed by atoms with Crippen LogP contribution < -0.4 is 25.9 Å². The lowest BCUT2D eigenvalue weighted by molar-refractivity contribution is -0.149. The Bertz CT molecular complexity index is 1250. The number of nitrogens with one attached hydrogen (secondary N) is 2. The maximum atomic E-state index is 12.4. The van der Waals surface area contributed by atoms with Gasteiger partial charge in [0.15, 0.2) is 18.1 Å². The summed E-state index contributed by atoms with van der Waals surface area (Å²) in [6.45, 7) is -0.665. The maximum absolute atomic E-state index is 12.4. The van der Waals surface area contributed by atoms with Gasteiger partial charge >= 0.3 is 5.97 Å². The number of aromatic nitrogens is 2. The van der Waals surface area contributed by atoms with E-state index in [2.05, 4.69) is 10.4 Å². The molecule has 0 atom stereocenters. The van der Waals surface area contributed by atoms with Gasteiger partial charge in [-0.25, -0.2) is 4.68 Å². The number of carbonyl (C=O) groups is 2. The van der Waals surface area contributed by atoms with Crippen molar-refractivity contribution in [2.75, 3.05) is 13.4 Å². The predicted molar refractivity (Wildman–Crippen MR) is 104 cm³/mol. The van der Waals surface area contributed by atoms with E-state index >= 15 is 0 Å². The molecular formula is C20H17N3O7. The number of ether oxygens (including phenoxy) is 3. The van der Waals surface area contributed by atoms with Crippen LogP contribution in [0.4, 0.5) is 0 Å². The van der Waals surface area contributed by atoms with Gasteiger partial charge < -0.3 is 19.5 Å². The smallest absolute Gasteiger partial charge is 0.328 e. The van der Waals surface area contributed by atoms with Crippen LogP contribution in [0.25, 0.3) is 10.8 Å². The van der Waals surface area contributed by atoms with E-state index in [1.807, 2.05) is 0 Å². The summed E-state index contributed by atoms with van der Waals surface area (Å²) in [6, 6.07) is 11.5. The predicted octanol–water partition coefficient (Wildman–Crippen LogP) is 0.278. The molecule has 0 radical (unpaired) electrons. The highest BCUT2D eigenvalue weighted by molar-refractivity contribution is 5.81. The third-order valence-corrected chi connectivity index (χ3v) is 4.46. The summed E-state index contributed by atoms with van der Waals surface area (Å²) in [5.41, 5.74) is -0.243. The minimum Gasteiger partial charge on any atom is -0.454 e. The molecule has 1 aliphatic heterocycles. The number of aromatic amines is 1. The Morgan fingerprint density at radius 1 is 1.07 bits per heavy atom. The summed E-state index contributed by atoms with van der Waals surface area (Å²) in [4.78, 5) is 48.4. The Labute approximate surface area is 169 Å². The van der Waals surface area contributed by atoms with E-state index in [1.54, 1.807) is 30.3 Å². The summed E-state index contributed by atoms with van der Waals surface area (Å²) in [5, 5.41) is 5.37. The van der Waals surface area contributed by atoms with E-state index < -0.39 is 36.1 Å². The lowest BCUT2D eigenvalue weighted by Crippen LogP contribution is -2.34. The second-order valence-electron chi connectivity index (χ2n) is 6.50. The van der Waals surface area contributed by atoms with Gasteiger partial charge in [-0.3, -0.25) is 24.3 Å². The number of amides is 1. The molecule has 4 rings (SSSR count). The van der Waals surface area contributed by atoms with Crippen LogP contribution in [0.2, 0.25) is 0 Å². The topological polar surface area (TPSA) is 129 Å². The molecule has 2 N–H and O–H groups in total. The molecule has 0 aliphatic carbocycles. The molecule has 154 valence electrons. The van der Waals surface area contributed by atoms with Gasteiger partial charge in [-0.2, -0.15) is 0 Å². The molecule has 10 nitrogen and oxygen atoms in total. The Hall–Kier alpha value is -4.08. The molecule has 10 heteroatoms. The molecule has 0 fully saturated rings. The zero-order valence-corrected chi connectivity index (χ0v) is 15.7. The van der Waals surface area contributed by atoms with Gasteiger partial charge in [-0.1, -0.05) is 18.2 Å². The van der Waals surface area contributed by atoms with Gasteiger partial charge in [0, 0.05) is 6.54 Å². The van der Waals surface area contributed by atoms with E-state index in [4.69, 9.17) is 14.2 Å². The van der Waals surface area contributed by atoms with Crippen molar-refractivity contribution in [3.05, 3.63) is 68.7 Å². The fourth-order valence-electron chi connectivity index (χ4n) is 2.98. The van der Waals surface area contributed by atoms with Gasteiger partial charge in [0.05, 0.1) is 10.8 Å². The zero-order valence-electron chi connectivity index (χ0n) is 15.7. The minimum absolute atomic E-state index is 0.159. The zero-order chi connectivity index (χ0) is 21.1. The fourth-order valence-corrected chi connectivity index (χ4v) is 2.98. The number of hydrogen-bond acceptors (Lipinski definition) is 7. The van der Waals surface area contributed by atoms with Gasteiger partial charge in [-0.05, 0) is 29.8 Å². The SMILES string of the molecule is O=C(COC(=O)Cn1[nH]c(=O)c2ccccc2c1=O)NCc1ccc2c(c1)OCO2. The molecule has 2 heterocycles. The van der Waals surface area contributed by atoms with Crippen molar-refractivity contribution < 1.29 is 23.8 Å². The number of esters is 1. The Balaban J connectivity index is 1.31. The van der Waals surface area contributed by atoms with E-state index in [9.17, 15) is 19.2 Å². The van der Waals surface area contributed by atoms with Crippen LogP contribution in [0.1, 0.15) is 5.56 Å². The number of hydrogen-bond donors (Lipinski definition) is 2. The monoisotopic (exact) mass is 411 g/mol. The Kier molecular flexibility index (Phi) is 5.21. The van der Waals surface area contributed by atoms with E-state index in [0.29, 0.717) is 11.5 Å². The summed E-state index contributed by atoms with van der Waals surface area (Å²) >= 11 is 0. The lowest BCUT2D eigenvalue weighted by atomic mass is 10.2. The number of fused-ring (bicyclic) bond motifs is 2. The molecule has 1 aliphatic rings. The second kappa shape index (κ2) is 8.11. The Morgan fingerprint density at radius 3 is 2.67 bits per heavy atom. The normalized spacial score (nSPS) is 12.0. The van der Waals surface area contributed by atoms with Crippen molar-refractivity contribution in [2.24, 2.45) is 0 Å². The number of H-pyrrole nitrogens is 1. The third kappa shape index (κ3) is 4.02. The standard InChI is InChI=1S/C20H17N3O7/c24-17(21-8-12-5-6-15-16(7-12)30-11-29-15)10-28-18(25)9-23-20(27)14-4-2-1-3-13(14)19(26)22-23/h1-7H,8-11H2,(H,21,24)(H,22,26). The lowest BCUT2D eigenvalue weighted by Gasteiger charge is -2.09. The van der Waals surface area contributed by atoms with Crippen LogP contribution in [0.3, 0.4) is 0 Å². The van der Waals surface area contributed by atoms with Gasteiger partial charge in [-0.15, -0.1) is 0 Å². The second-order valence-corrected chi connectivity index (χ2v) is 6.50. The van der Waals surface area contributed by atoms with Crippen molar-refractivity contribution in [1.82, 2.24) is 15.1 Å². The fraction of sp³-hybridized carbons (Fsp3) is 0.200. The highest BCUT2D eigenvalue weighted by Gasteiger charge is 2.15. The van der Waals surface area contributed by atoms with Crippen molar-refractivity contribution in [3.8, 4) is 11.5 Å². The van der Waals surface area contributed by atoms with Gasteiger partial charge in [0.2, 0.25) is 6.79 Å². The minimum atomic E-state index is -0.832. The number of benzene rings is 2. The third-order valence-electron chi connectivity index (χ3n) is 4.46. The summed E-state index contributed by atoms with van der Waals surface area (Å²) < 4.78 is 16.2. The molecule has 30 heavy (non-hydrogen) atoms. The van der Waals surface area contributed by atoms with Crippen LogP contribution in [-0.4, -0.2) is 35.1 Å². The Morgan fingerprint density at radius 2 is 1.83 bits per heavy atom. The van der Waals surface area contributed by atoms with E-state index in [1.165, 1.54) is 12.1 Å². The molecule has 0 saturated heterocycles. The molecule has 3 aromatic rings. The first-order chi connectivity index (χ1) is 14.5. The molecule has 2 aromatic carbocycles. The van der Waals surface area contributed by atoms with Crippen LogP contribution in [0.5, 0.6) is 11.5 Å². The molecular weight excluding hydrogens is 394 g/mol. The molecule has 0 bridgehead atoms. The average Bonchev–Trinajstić information content (AvgIpc) is 3.22. The van der Waals surface area contributed by atoms with Crippen molar-refractivity contribution >= 4 is 22.6 Å². The summed E-state index contributed by atoms with van der Waals surface area (Å²) in [6.07, 6.45) is 0. The summed E-state index contributed by atoms with van der Waals surface area (Å²) in [7, 11) is 0. The number of nitrogens with zero attached hydrogens (tertiary/aromatic N) is 1. The summed E-state index contributed by atoms with van der Waals surface area (Å²) in [5.74, 6) is -0.106. The first-order valence-electron chi connectivity index (χ1n) is 9.04. The van der Waals surface area contributed by atoms with Crippen LogP contribution in [0, 0.1) is 0 Å². The molecule has 1 amide bonds. The van der Waals surface area contributed by atoms with Crippen LogP contribution >= 0.6 is 0 Å². The average molecular weight is 411 g/mol. The van der Waals surface area contributed by atoms with Gasteiger partial charge in [0.1, 0.15) is 6.54 Å². The van der Waals surface area contributed by atoms with Crippen LogP contribution in [0.15, 0.2) is 52.1 Å². The number of carbonyl (C=O) groups excluding carboxylic acids is 2. The van der Waals surface area contributed by atoms with Crippen LogP contribution in [-0.2, 0) is 27.4 Å². The molecule has 0 saturated carbocycles. The first kappa shape index (κ1) is 19.2. The maximum Gasteiger partial charge on any atom is 0.328 e. The largest absolute Gasteiger partial charge is 0.454 e.